The zero-order chi connectivity index (χ0) is 20.7. The molecule has 0 unspecified atom stereocenters. The summed E-state index contributed by atoms with van der Waals surface area (Å²) in [4.78, 5) is 30.0. The number of hydrogen-bond acceptors (Lipinski definition) is 6. The molecule has 2 saturated heterocycles. The average Bonchev–Trinajstić information content (AvgIpc) is 3.17. The summed E-state index contributed by atoms with van der Waals surface area (Å²) in [6.45, 7) is 6.06. The summed E-state index contributed by atoms with van der Waals surface area (Å²) in [6, 6.07) is 0.651. The summed E-state index contributed by atoms with van der Waals surface area (Å²) in [5, 5.41) is 7.12. The van der Waals surface area contributed by atoms with Crippen LogP contribution in [0.1, 0.15) is 36.0 Å². The molecule has 28 heavy (non-hydrogen) atoms. The number of hydrogen-bond donors (Lipinski definition) is 1. The molecule has 0 bridgehead atoms. The first-order chi connectivity index (χ1) is 13.2. The molecule has 0 radical (unpaired) electrons. The van der Waals surface area contributed by atoms with Crippen LogP contribution in [0.25, 0.3) is 0 Å². The molecule has 7 nitrogen and oxygen atoms in total. The molecule has 1 aromatic rings. The van der Waals surface area contributed by atoms with E-state index >= 15 is 0 Å². The highest BCUT2D eigenvalue weighted by Gasteiger charge is 2.38. The van der Waals surface area contributed by atoms with Crippen molar-refractivity contribution in [1.29, 1.82) is 0 Å². The molecule has 11 heteroatoms. The summed E-state index contributed by atoms with van der Waals surface area (Å²) in [6.07, 6.45) is -0.835. The van der Waals surface area contributed by atoms with Crippen molar-refractivity contribution < 1.29 is 32.3 Å². The first-order valence-electron chi connectivity index (χ1n) is 9.07. The number of oxazole rings is 1. The zero-order valence-corrected chi connectivity index (χ0v) is 16.4. The molecular formula is C17H24F3N3O4S. The lowest BCUT2D eigenvalue weighted by Gasteiger charge is -2.39. The van der Waals surface area contributed by atoms with Crippen molar-refractivity contribution in [3.8, 4) is 0 Å². The predicted octanol–water partition coefficient (Wildman–Crippen LogP) is 2.52. The molecule has 3 heterocycles. The Morgan fingerprint density at radius 3 is 2.32 bits per heavy atom. The Bertz CT molecular complexity index is 654. The van der Waals surface area contributed by atoms with Crippen molar-refractivity contribution in [2.45, 2.75) is 38.4 Å². The Labute approximate surface area is 165 Å². The molecule has 0 spiro atoms. The highest BCUT2D eigenvalue weighted by Crippen LogP contribution is 2.22. The van der Waals surface area contributed by atoms with Crippen LogP contribution < -0.4 is 0 Å². The molecule has 2 aliphatic rings. The zero-order valence-electron chi connectivity index (χ0n) is 15.6. The number of piperidine rings is 1. The van der Waals surface area contributed by atoms with Gasteiger partial charge < -0.3 is 14.4 Å². The van der Waals surface area contributed by atoms with E-state index in [0.717, 1.165) is 25.9 Å². The van der Waals surface area contributed by atoms with Crippen LogP contribution in [0.4, 0.5) is 13.2 Å². The number of likely N-dealkylation sites (tertiary alicyclic amines) is 1. The number of carboxylic acid groups (broad SMARTS) is 1. The molecule has 2 aliphatic heterocycles. The van der Waals surface area contributed by atoms with Crippen molar-refractivity contribution in [3.63, 3.8) is 0 Å². The monoisotopic (exact) mass is 423 g/mol. The summed E-state index contributed by atoms with van der Waals surface area (Å²) >= 11 is 2.05. The molecule has 0 aromatic carbocycles. The number of amides is 1. The van der Waals surface area contributed by atoms with Crippen LogP contribution in [0.3, 0.4) is 0 Å². The van der Waals surface area contributed by atoms with Crippen molar-refractivity contribution in [3.05, 3.63) is 17.8 Å². The van der Waals surface area contributed by atoms with Gasteiger partial charge in [-0.25, -0.2) is 9.78 Å². The summed E-state index contributed by atoms with van der Waals surface area (Å²) in [5.41, 5.74) is 0.505. The summed E-state index contributed by atoms with van der Waals surface area (Å²) < 4.78 is 37.0. The molecule has 0 atom stereocenters. The van der Waals surface area contributed by atoms with Gasteiger partial charge in [0.15, 0.2) is 12.1 Å². The lowest BCUT2D eigenvalue weighted by molar-refractivity contribution is -0.192. The third-order valence-corrected chi connectivity index (χ3v) is 5.66. The van der Waals surface area contributed by atoms with Crippen LogP contribution in [0.5, 0.6) is 0 Å². The SMILES string of the molecule is CCc1ocnc1C(=O)N1CCC(N2CCSCC2)CC1.O=C(O)C(F)(F)F. The van der Waals surface area contributed by atoms with Crippen LogP contribution in [-0.2, 0) is 11.2 Å². The standard InChI is InChI=1S/C15H23N3O2S.C2HF3O2/c1-2-13-14(16-11-20-13)15(19)18-5-3-12(4-6-18)17-7-9-21-10-8-17;3-2(4,5)1(6)7/h11-12H,2-10H2,1H3;(H,6,7). The Hall–Kier alpha value is -1.75. The maximum absolute atomic E-state index is 12.5. The van der Waals surface area contributed by atoms with E-state index in [2.05, 4.69) is 9.88 Å². The molecule has 1 aromatic heterocycles. The largest absolute Gasteiger partial charge is 0.490 e. The van der Waals surface area contributed by atoms with Gasteiger partial charge in [0, 0.05) is 50.1 Å². The van der Waals surface area contributed by atoms with E-state index in [1.807, 2.05) is 23.6 Å². The van der Waals surface area contributed by atoms with Crippen LogP contribution in [0, 0.1) is 0 Å². The number of carboxylic acids is 1. The molecule has 1 amide bonds. The fourth-order valence-corrected chi connectivity index (χ4v) is 4.15. The highest BCUT2D eigenvalue weighted by molar-refractivity contribution is 7.99. The number of carbonyl (C=O) groups is 2. The lowest BCUT2D eigenvalue weighted by Crippen LogP contribution is -2.49. The molecule has 3 rings (SSSR count). The van der Waals surface area contributed by atoms with Crippen LogP contribution in [0.15, 0.2) is 10.8 Å². The van der Waals surface area contributed by atoms with E-state index in [1.54, 1.807) is 0 Å². The lowest BCUT2D eigenvalue weighted by atomic mass is 10.0. The van der Waals surface area contributed by atoms with E-state index in [9.17, 15) is 18.0 Å². The second-order valence-electron chi connectivity index (χ2n) is 6.45. The van der Waals surface area contributed by atoms with Gasteiger partial charge in [-0.05, 0) is 12.8 Å². The van der Waals surface area contributed by atoms with Gasteiger partial charge in [0.1, 0.15) is 5.76 Å². The third-order valence-electron chi connectivity index (χ3n) is 4.72. The van der Waals surface area contributed by atoms with Gasteiger partial charge in [0.25, 0.3) is 5.91 Å². The number of halogens is 3. The second-order valence-corrected chi connectivity index (χ2v) is 7.68. The Morgan fingerprint density at radius 1 is 1.25 bits per heavy atom. The van der Waals surface area contributed by atoms with Gasteiger partial charge in [0.2, 0.25) is 0 Å². The molecule has 158 valence electrons. The molecule has 2 fully saturated rings. The smallest absolute Gasteiger partial charge is 0.475 e. The minimum absolute atomic E-state index is 0.0354. The molecule has 0 saturated carbocycles. The fourth-order valence-electron chi connectivity index (χ4n) is 3.22. The van der Waals surface area contributed by atoms with E-state index in [1.165, 1.54) is 31.0 Å². The van der Waals surface area contributed by atoms with E-state index in [0.29, 0.717) is 23.9 Å². The first-order valence-corrected chi connectivity index (χ1v) is 10.2. The Kier molecular flexibility index (Phi) is 8.17. The number of nitrogens with zero attached hydrogens (tertiary/aromatic N) is 3. The van der Waals surface area contributed by atoms with Crippen molar-refractivity contribution in [2.75, 3.05) is 37.7 Å². The Morgan fingerprint density at radius 2 is 1.82 bits per heavy atom. The van der Waals surface area contributed by atoms with Gasteiger partial charge >= 0.3 is 12.1 Å². The van der Waals surface area contributed by atoms with E-state index in [-0.39, 0.29) is 5.91 Å². The van der Waals surface area contributed by atoms with E-state index in [4.69, 9.17) is 14.3 Å². The van der Waals surface area contributed by atoms with Gasteiger partial charge in [-0.2, -0.15) is 24.9 Å². The fraction of sp³-hybridized carbons (Fsp3) is 0.706. The van der Waals surface area contributed by atoms with Crippen LogP contribution in [-0.4, -0.2) is 81.7 Å². The molecule has 1 N–H and O–H groups in total. The number of rotatable bonds is 3. The minimum Gasteiger partial charge on any atom is -0.475 e. The number of aromatic nitrogens is 1. The van der Waals surface area contributed by atoms with Crippen molar-refractivity contribution in [1.82, 2.24) is 14.8 Å². The third kappa shape index (κ3) is 6.13. The van der Waals surface area contributed by atoms with Crippen molar-refractivity contribution >= 4 is 23.6 Å². The average molecular weight is 423 g/mol. The number of thioether (sulfide) groups is 1. The van der Waals surface area contributed by atoms with Gasteiger partial charge in [0.05, 0.1) is 0 Å². The van der Waals surface area contributed by atoms with E-state index < -0.39 is 12.1 Å². The molecular weight excluding hydrogens is 399 g/mol. The minimum atomic E-state index is -5.08. The Balaban J connectivity index is 0.000000345. The van der Waals surface area contributed by atoms with Crippen LogP contribution in [0.2, 0.25) is 0 Å². The summed E-state index contributed by atoms with van der Waals surface area (Å²) in [5.74, 6) is 0.478. The number of alkyl halides is 3. The second kappa shape index (κ2) is 10.1. The first kappa shape index (κ1) is 22.5. The predicted molar refractivity (Wildman–Crippen MR) is 97.4 cm³/mol. The van der Waals surface area contributed by atoms with Crippen LogP contribution >= 0.6 is 11.8 Å². The summed E-state index contributed by atoms with van der Waals surface area (Å²) in [7, 11) is 0. The van der Waals surface area contributed by atoms with Crippen molar-refractivity contribution in [2.24, 2.45) is 0 Å². The maximum atomic E-state index is 12.5. The highest BCUT2D eigenvalue weighted by atomic mass is 32.2. The van der Waals surface area contributed by atoms with Gasteiger partial charge in [-0.1, -0.05) is 6.92 Å². The topological polar surface area (TPSA) is 86.9 Å². The molecule has 0 aliphatic carbocycles. The quantitative estimate of drug-likeness (QED) is 0.799. The van der Waals surface area contributed by atoms with Gasteiger partial charge in [-0.3, -0.25) is 9.69 Å². The maximum Gasteiger partial charge on any atom is 0.490 e. The van der Waals surface area contributed by atoms with Gasteiger partial charge in [-0.15, -0.1) is 0 Å². The number of carbonyl (C=O) groups excluding carboxylic acids is 1. The number of aliphatic carboxylic acids is 1. The number of aryl methyl sites for hydroxylation is 1. The normalized spacial score (nSPS) is 19.1.